The zero-order valence-corrected chi connectivity index (χ0v) is 24.5. The summed E-state index contributed by atoms with van der Waals surface area (Å²) in [4.78, 5) is 43.9. The average molecular weight is 548 g/mol. The Morgan fingerprint density at radius 1 is 0.900 bits per heavy atom. The van der Waals surface area contributed by atoms with Crippen molar-refractivity contribution in [2.24, 2.45) is 11.8 Å². The van der Waals surface area contributed by atoms with E-state index >= 15 is 0 Å². The summed E-state index contributed by atoms with van der Waals surface area (Å²) < 4.78 is 6.69. The van der Waals surface area contributed by atoms with E-state index in [1.54, 1.807) is 4.90 Å². The molecule has 2 aliphatic carbocycles. The number of anilines is 1. The third-order valence-electron chi connectivity index (χ3n) is 9.93. The van der Waals surface area contributed by atoms with Crippen molar-refractivity contribution in [2.75, 3.05) is 4.90 Å². The molecule has 3 heterocycles. The van der Waals surface area contributed by atoms with Gasteiger partial charge in [0.25, 0.3) is 0 Å². The zero-order chi connectivity index (χ0) is 28.3. The number of amides is 3. The molecular weight excluding hydrogens is 502 g/mol. The number of rotatable bonds is 5. The molecule has 7 nitrogen and oxygen atoms in total. The molecule has 1 aromatic rings. The van der Waals surface area contributed by atoms with Gasteiger partial charge in [-0.2, -0.15) is 0 Å². The highest BCUT2D eigenvalue weighted by molar-refractivity contribution is 6.10. The van der Waals surface area contributed by atoms with Crippen molar-refractivity contribution in [1.82, 2.24) is 10.6 Å². The number of hydrogen-bond donors (Lipinski definition) is 2. The van der Waals surface area contributed by atoms with Gasteiger partial charge in [-0.1, -0.05) is 62.8 Å². The monoisotopic (exact) mass is 547 g/mol. The summed E-state index contributed by atoms with van der Waals surface area (Å²) in [5, 5.41) is 6.37. The van der Waals surface area contributed by atoms with Gasteiger partial charge in [-0.25, -0.2) is 0 Å². The lowest BCUT2D eigenvalue weighted by molar-refractivity contribution is -0.135. The van der Waals surface area contributed by atoms with E-state index in [1.807, 2.05) is 52.0 Å². The fourth-order valence-corrected chi connectivity index (χ4v) is 8.13. The van der Waals surface area contributed by atoms with Gasteiger partial charge in [-0.3, -0.25) is 19.3 Å². The minimum atomic E-state index is -1.20. The lowest BCUT2D eigenvalue weighted by Crippen LogP contribution is -2.58. The smallest absolute Gasteiger partial charge is 0.246 e. The maximum Gasteiger partial charge on any atom is 0.246 e. The normalized spacial score (nSPS) is 34.2. The first-order valence-electron chi connectivity index (χ1n) is 15.5. The molecule has 3 amide bonds. The summed E-state index contributed by atoms with van der Waals surface area (Å²) in [6, 6.07) is 7.41. The molecule has 7 heteroatoms. The standard InChI is InChI=1S/C33H45N3O4/c1-31(2,3)35-29(38)27-33-20-19-32(4,40-33)25(28(37)34-23-13-9-6-10-14-23)26(33)30(39)36(27)24-17-15-22(16-18-24)21-11-7-5-8-12-21/h15-21,23,25-27H,5-14H2,1-4H3,(H,34,37)(H,35,38)/t25-,26+,27+,32-,33+/m1/s1. The second kappa shape index (κ2) is 10.0. The van der Waals surface area contributed by atoms with Crippen LogP contribution in [0.1, 0.15) is 103 Å². The van der Waals surface area contributed by atoms with Crippen molar-refractivity contribution in [1.29, 1.82) is 0 Å². The molecule has 5 aliphatic rings. The summed E-state index contributed by atoms with van der Waals surface area (Å²) in [5.74, 6) is -1.52. The van der Waals surface area contributed by atoms with Crippen LogP contribution in [0.25, 0.3) is 0 Å². The number of carbonyl (C=O) groups excluding carboxylic acids is 3. The van der Waals surface area contributed by atoms with E-state index in [-0.39, 0.29) is 23.8 Å². The Bertz CT molecular complexity index is 1190. The van der Waals surface area contributed by atoms with Crippen molar-refractivity contribution >= 4 is 23.4 Å². The van der Waals surface area contributed by atoms with Crippen LogP contribution in [0.3, 0.4) is 0 Å². The minimum Gasteiger partial charge on any atom is -0.356 e. The van der Waals surface area contributed by atoms with Gasteiger partial charge in [0.15, 0.2) is 0 Å². The minimum absolute atomic E-state index is 0.129. The highest BCUT2D eigenvalue weighted by Crippen LogP contribution is 2.60. The van der Waals surface area contributed by atoms with Crippen LogP contribution in [0.15, 0.2) is 36.4 Å². The molecule has 2 saturated carbocycles. The lowest BCUT2D eigenvalue weighted by atomic mass is 9.70. The van der Waals surface area contributed by atoms with Crippen LogP contribution in [0.2, 0.25) is 0 Å². The summed E-state index contributed by atoms with van der Waals surface area (Å²) in [6.07, 6.45) is 15.3. The Morgan fingerprint density at radius 3 is 2.15 bits per heavy atom. The number of fused-ring (bicyclic) bond motifs is 1. The molecule has 40 heavy (non-hydrogen) atoms. The quantitative estimate of drug-likeness (QED) is 0.500. The van der Waals surface area contributed by atoms with Crippen molar-refractivity contribution in [3.8, 4) is 0 Å². The molecule has 216 valence electrons. The van der Waals surface area contributed by atoms with Crippen LogP contribution in [0.4, 0.5) is 5.69 Å². The largest absolute Gasteiger partial charge is 0.356 e. The first kappa shape index (κ1) is 27.5. The first-order valence-corrected chi connectivity index (χ1v) is 15.5. The maximum atomic E-state index is 14.4. The van der Waals surface area contributed by atoms with Crippen molar-refractivity contribution in [3.63, 3.8) is 0 Å². The molecule has 0 radical (unpaired) electrons. The third-order valence-corrected chi connectivity index (χ3v) is 9.93. The number of nitrogens with one attached hydrogen (secondary N) is 2. The Kier molecular flexibility index (Phi) is 6.88. The summed E-state index contributed by atoms with van der Waals surface area (Å²) in [6.45, 7) is 7.69. The predicted molar refractivity (Wildman–Crippen MR) is 155 cm³/mol. The van der Waals surface area contributed by atoms with Crippen molar-refractivity contribution in [3.05, 3.63) is 42.0 Å². The summed E-state index contributed by atoms with van der Waals surface area (Å²) >= 11 is 0. The van der Waals surface area contributed by atoms with Gasteiger partial charge in [-0.05, 0) is 77.0 Å². The molecule has 4 fully saturated rings. The van der Waals surface area contributed by atoms with Crippen LogP contribution in [-0.2, 0) is 19.1 Å². The van der Waals surface area contributed by atoms with Crippen molar-refractivity contribution in [2.45, 2.75) is 127 Å². The summed E-state index contributed by atoms with van der Waals surface area (Å²) in [5.41, 5.74) is -0.653. The second-order valence-corrected chi connectivity index (χ2v) is 14.0. The highest BCUT2D eigenvalue weighted by Gasteiger charge is 2.76. The Labute approximate surface area is 238 Å². The predicted octanol–water partition coefficient (Wildman–Crippen LogP) is 5.14. The van der Waals surface area contributed by atoms with Crippen LogP contribution < -0.4 is 15.5 Å². The highest BCUT2D eigenvalue weighted by atomic mass is 16.5. The number of benzene rings is 1. The Morgan fingerprint density at radius 2 is 1.52 bits per heavy atom. The van der Waals surface area contributed by atoms with E-state index < -0.39 is 34.6 Å². The van der Waals surface area contributed by atoms with Crippen LogP contribution >= 0.6 is 0 Å². The molecular formula is C33H45N3O4. The molecule has 5 atom stereocenters. The number of hydrogen-bond acceptors (Lipinski definition) is 4. The van der Waals surface area contributed by atoms with Gasteiger partial charge >= 0.3 is 0 Å². The van der Waals surface area contributed by atoms with Crippen LogP contribution in [0, 0.1) is 11.8 Å². The number of ether oxygens (including phenoxy) is 1. The van der Waals surface area contributed by atoms with E-state index in [4.69, 9.17) is 4.74 Å². The zero-order valence-electron chi connectivity index (χ0n) is 24.5. The maximum absolute atomic E-state index is 14.4. The first-order chi connectivity index (χ1) is 19.0. The van der Waals surface area contributed by atoms with E-state index in [0.29, 0.717) is 11.6 Å². The summed E-state index contributed by atoms with van der Waals surface area (Å²) in [7, 11) is 0. The van der Waals surface area contributed by atoms with Gasteiger partial charge in [0.05, 0.1) is 17.4 Å². The SMILES string of the molecule is CC(C)(C)NC(=O)[C@@H]1N(c2ccc(C3CCCCC3)cc2)C(=O)[C@@H]2[C@H](C(=O)NC3CCCCC3)[C@@]3(C)C=C[C@]21O3. The molecule has 1 aromatic carbocycles. The molecule has 3 aliphatic heterocycles. The molecule has 6 rings (SSSR count). The number of nitrogens with zero attached hydrogens (tertiary/aromatic N) is 1. The molecule has 1 spiro atoms. The van der Waals surface area contributed by atoms with Gasteiger partial charge in [0.2, 0.25) is 17.7 Å². The van der Waals surface area contributed by atoms with E-state index in [1.165, 1.54) is 44.1 Å². The van der Waals surface area contributed by atoms with Crippen LogP contribution in [-0.4, -0.2) is 46.5 Å². The van der Waals surface area contributed by atoms with Crippen molar-refractivity contribution < 1.29 is 19.1 Å². The van der Waals surface area contributed by atoms with Gasteiger partial charge < -0.3 is 15.4 Å². The van der Waals surface area contributed by atoms with E-state index in [0.717, 1.165) is 25.7 Å². The Balaban J connectivity index is 1.36. The second-order valence-electron chi connectivity index (χ2n) is 14.0. The average Bonchev–Trinajstić information content (AvgIpc) is 3.49. The fraction of sp³-hybridized carbons (Fsp3) is 0.667. The van der Waals surface area contributed by atoms with Gasteiger partial charge in [0.1, 0.15) is 11.6 Å². The topological polar surface area (TPSA) is 87.7 Å². The van der Waals surface area contributed by atoms with Crippen LogP contribution in [0.5, 0.6) is 0 Å². The number of carbonyl (C=O) groups is 3. The Hall–Kier alpha value is -2.67. The fourth-order valence-electron chi connectivity index (χ4n) is 8.13. The molecule has 2 saturated heterocycles. The third kappa shape index (κ3) is 4.58. The van der Waals surface area contributed by atoms with E-state index in [2.05, 4.69) is 22.8 Å². The van der Waals surface area contributed by atoms with E-state index in [9.17, 15) is 14.4 Å². The van der Waals surface area contributed by atoms with Gasteiger partial charge in [0, 0.05) is 17.3 Å². The molecule has 2 bridgehead atoms. The molecule has 0 aromatic heterocycles. The van der Waals surface area contributed by atoms with Gasteiger partial charge in [-0.15, -0.1) is 0 Å². The lowest BCUT2D eigenvalue weighted by Gasteiger charge is -2.35. The molecule has 0 unspecified atom stereocenters. The molecule has 2 N–H and O–H groups in total.